The molecule has 1 aromatic carbocycles. The molecule has 8 nitrogen and oxygen atoms in total. The molecular weight excluding hydrogens is 350 g/mol. The maximum Gasteiger partial charge on any atom is 0.303 e. The van der Waals surface area contributed by atoms with Gasteiger partial charge in [-0.15, -0.1) is 0 Å². The molecule has 2 atom stereocenters. The summed E-state index contributed by atoms with van der Waals surface area (Å²) >= 11 is 0. The highest BCUT2D eigenvalue weighted by atomic mass is 16.4. The van der Waals surface area contributed by atoms with Gasteiger partial charge in [-0.25, -0.2) is 0 Å². The van der Waals surface area contributed by atoms with Gasteiger partial charge in [0.05, 0.1) is 11.3 Å². The first-order valence-electron chi connectivity index (χ1n) is 8.99. The van der Waals surface area contributed by atoms with Crippen LogP contribution in [0.15, 0.2) is 24.3 Å². The Labute approximate surface area is 157 Å². The molecule has 2 N–H and O–H groups in total. The van der Waals surface area contributed by atoms with Crippen molar-refractivity contribution in [1.82, 2.24) is 10.2 Å². The SMILES string of the molecule is CC(CCC(=O)O)NC(=O)CN1C(=O)c2ccccc2N2C(=O)CCC12C. The van der Waals surface area contributed by atoms with E-state index in [0.717, 1.165) is 0 Å². The van der Waals surface area contributed by atoms with Crippen LogP contribution in [0.3, 0.4) is 0 Å². The summed E-state index contributed by atoms with van der Waals surface area (Å²) in [6.07, 6.45) is 1.02. The van der Waals surface area contributed by atoms with Crippen LogP contribution in [0.5, 0.6) is 0 Å². The van der Waals surface area contributed by atoms with E-state index in [2.05, 4.69) is 5.32 Å². The summed E-state index contributed by atoms with van der Waals surface area (Å²) in [5, 5.41) is 11.5. The third kappa shape index (κ3) is 3.39. The zero-order valence-corrected chi connectivity index (χ0v) is 15.4. The quantitative estimate of drug-likeness (QED) is 0.783. The highest BCUT2D eigenvalue weighted by Crippen LogP contribution is 2.43. The Morgan fingerprint density at radius 3 is 2.70 bits per heavy atom. The summed E-state index contributed by atoms with van der Waals surface area (Å²) < 4.78 is 0. The average molecular weight is 373 g/mol. The fraction of sp³-hybridized carbons (Fsp3) is 0.474. The fourth-order valence-electron chi connectivity index (χ4n) is 3.82. The molecule has 2 unspecified atom stereocenters. The lowest BCUT2D eigenvalue weighted by atomic mass is 9.98. The molecule has 3 rings (SSSR count). The number of rotatable bonds is 6. The van der Waals surface area contributed by atoms with Crippen LogP contribution in [-0.4, -0.2) is 51.9 Å². The largest absolute Gasteiger partial charge is 0.481 e. The van der Waals surface area contributed by atoms with Crippen molar-refractivity contribution < 1.29 is 24.3 Å². The van der Waals surface area contributed by atoms with Gasteiger partial charge in [-0.1, -0.05) is 12.1 Å². The van der Waals surface area contributed by atoms with Crippen molar-refractivity contribution in [2.24, 2.45) is 0 Å². The van der Waals surface area contributed by atoms with E-state index in [1.807, 2.05) is 0 Å². The monoisotopic (exact) mass is 373 g/mol. The Morgan fingerprint density at radius 1 is 1.30 bits per heavy atom. The van der Waals surface area contributed by atoms with Crippen LogP contribution in [0.25, 0.3) is 0 Å². The molecule has 144 valence electrons. The van der Waals surface area contributed by atoms with Gasteiger partial charge >= 0.3 is 5.97 Å². The third-order valence-corrected chi connectivity index (χ3v) is 5.25. The predicted octanol–water partition coefficient (Wildman–Crippen LogP) is 1.35. The number of benzene rings is 1. The summed E-state index contributed by atoms with van der Waals surface area (Å²) in [6.45, 7) is 3.33. The van der Waals surface area contributed by atoms with Gasteiger partial charge in [-0.05, 0) is 38.8 Å². The molecule has 27 heavy (non-hydrogen) atoms. The molecule has 2 aliphatic heterocycles. The second-order valence-electron chi connectivity index (χ2n) is 7.26. The lowest BCUT2D eigenvalue weighted by Gasteiger charge is -2.48. The Kier molecular flexibility index (Phi) is 4.91. The average Bonchev–Trinajstić information content (AvgIpc) is 2.93. The molecule has 3 amide bonds. The third-order valence-electron chi connectivity index (χ3n) is 5.25. The minimum absolute atomic E-state index is 0.0442. The molecule has 0 aromatic heterocycles. The van der Waals surface area contributed by atoms with Gasteiger partial charge in [0.15, 0.2) is 0 Å². The zero-order valence-electron chi connectivity index (χ0n) is 15.4. The second-order valence-corrected chi connectivity index (χ2v) is 7.26. The van der Waals surface area contributed by atoms with Crippen molar-refractivity contribution in [3.8, 4) is 0 Å². The number of nitrogens with zero attached hydrogens (tertiary/aromatic N) is 2. The van der Waals surface area contributed by atoms with E-state index < -0.39 is 11.6 Å². The van der Waals surface area contributed by atoms with Crippen molar-refractivity contribution in [3.05, 3.63) is 29.8 Å². The van der Waals surface area contributed by atoms with Crippen LogP contribution in [0, 0.1) is 0 Å². The number of hydrogen-bond donors (Lipinski definition) is 2. The van der Waals surface area contributed by atoms with Gasteiger partial charge in [-0.2, -0.15) is 0 Å². The molecule has 2 aliphatic rings. The molecule has 1 fully saturated rings. The number of carboxylic acid groups (broad SMARTS) is 1. The van der Waals surface area contributed by atoms with Crippen LogP contribution >= 0.6 is 0 Å². The molecular formula is C19H23N3O5. The predicted molar refractivity (Wildman–Crippen MR) is 97.1 cm³/mol. The van der Waals surface area contributed by atoms with E-state index in [4.69, 9.17) is 5.11 Å². The van der Waals surface area contributed by atoms with Gasteiger partial charge in [-0.3, -0.25) is 24.1 Å². The molecule has 1 saturated heterocycles. The van der Waals surface area contributed by atoms with Crippen molar-refractivity contribution in [1.29, 1.82) is 0 Å². The van der Waals surface area contributed by atoms with Gasteiger partial charge in [0.25, 0.3) is 5.91 Å². The normalized spacial score (nSPS) is 22.3. The van der Waals surface area contributed by atoms with E-state index in [-0.39, 0.29) is 36.7 Å². The number of aliphatic carboxylic acids is 1. The summed E-state index contributed by atoms with van der Waals surface area (Å²) in [7, 11) is 0. The van der Waals surface area contributed by atoms with Gasteiger partial charge < -0.3 is 15.3 Å². The van der Waals surface area contributed by atoms with Crippen molar-refractivity contribution in [3.63, 3.8) is 0 Å². The summed E-state index contributed by atoms with van der Waals surface area (Å²) in [5.74, 6) is -1.65. The minimum atomic E-state index is -0.925. The van der Waals surface area contributed by atoms with Crippen molar-refractivity contribution in [2.75, 3.05) is 11.4 Å². The number of carbonyl (C=O) groups excluding carboxylic acids is 3. The number of amides is 3. The Bertz CT molecular complexity index is 808. The standard InChI is InChI=1S/C19H23N3O5/c1-12(7-8-17(25)26)20-15(23)11-21-18(27)13-5-3-4-6-14(13)22-16(24)9-10-19(21,22)2/h3-6,12H,7-11H2,1-2H3,(H,20,23)(H,25,26). The summed E-state index contributed by atoms with van der Waals surface area (Å²) in [6, 6.07) is 6.59. The molecule has 0 saturated carbocycles. The van der Waals surface area contributed by atoms with Crippen molar-refractivity contribution >= 4 is 29.4 Å². The van der Waals surface area contributed by atoms with E-state index in [9.17, 15) is 19.2 Å². The topological polar surface area (TPSA) is 107 Å². The number of anilines is 1. The van der Waals surface area contributed by atoms with Gasteiger partial charge in [0.2, 0.25) is 11.8 Å². The number of carbonyl (C=O) groups is 4. The van der Waals surface area contributed by atoms with Crippen LogP contribution < -0.4 is 10.2 Å². The van der Waals surface area contributed by atoms with Crippen LogP contribution in [-0.2, 0) is 14.4 Å². The Balaban J connectivity index is 1.81. The summed E-state index contributed by atoms with van der Waals surface area (Å²) in [4.78, 5) is 51.7. The molecule has 0 aliphatic carbocycles. The van der Waals surface area contributed by atoms with E-state index in [1.54, 1.807) is 43.0 Å². The van der Waals surface area contributed by atoms with Crippen LogP contribution in [0.1, 0.15) is 49.9 Å². The Hall–Kier alpha value is -2.90. The lowest BCUT2D eigenvalue weighted by Crippen LogP contribution is -2.64. The minimum Gasteiger partial charge on any atom is -0.481 e. The van der Waals surface area contributed by atoms with Gasteiger partial charge in [0.1, 0.15) is 12.2 Å². The van der Waals surface area contributed by atoms with E-state index in [1.165, 1.54) is 4.90 Å². The molecule has 1 aromatic rings. The number of carboxylic acids is 1. The molecule has 0 bridgehead atoms. The van der Waals surface area contributed by atoms with Crippen molar-refractivity contribution in [2.45, 2.75) is 51.2 Å². The Morgan fingerprint density at radius 2 is 2.00 bits per heavy atom. The first kappa shape index (κ1) is 18.9. The molecule has 8 heteroatoms. The number of para-hydroxylation sites is 1. The second kappa shape index (κ2) is 7.02. The number of nitrogens with one attached hydrogen (secondary N) is 1. The lowest BCUT2D eigenvalue weighted by molar-refractivity contribution is -0.137. The molecule has 0 spiro atoms. The number of fused-ring (bicyclic) bond motifs is 3. The highest BCUT2D eigenvalue weighted by Gasteiger charge is 2.53. The molecule has 0 radical (unpaired) electrons. The maximum absolute atomic E-state index is 13.0. The van der Waals surface area contributed by atoms with Crippen LogP contribution in [0.4, 0.5) is 5.69 Å². The summed E-state index contributed by atoms with van der Waals surface area (Å²) in [5.41, 5.74) is 0.0976. The smallest absolute Gasteiger partial charge is 0.303 e. The zero-order chi connectivity index (χ0) is 19.8. The molecule has 2 heterocycles. The van der Waals surface area contributed by atoms with Crippen LogP contribution in [0.2, 0.25) is 0 Å². The first-order chi connectivity index (χ1) is 12.7. The first-order valence-corrected chi connectivity index (χ1v) is 8.99. The number of hydrogen-bond acceptors (Lipinski definition) is 4. The van der Waals surface area contributed by atoms with E-state index >= 15 is 0 Å². The highest BCUT2D eigenvalue weighted by molar-refractivity contribution is 6.11. The van der Waals surface area contributed by atoms with E-state index in [0.29, 0.717) is 30.5 Å². The maximum atomic E-state index is 13.0. The van der Waals surface area contributed by atoms with Gasteiger partial charge in [0, 0.05) is 18.9 Å². The fourth-order valence-corrected chi connectivity index (χ4v) is 3.82.